The number of imidazole rings is 1. The smallest absolute Gasteiger partial charge is 0.122 e. The van der Waals surface area contributed by atoms with Gasteiger partial charge in [-0.05, 0) is 30.0 Å². The van der Waals surface area contributed by atoms with Crippen LogP contribution in [0.1, 0.15) is 30.9 Å². The van der Waals surface area contributed by atoms with Crippen LogP contribution < -0.4 is 4.74 Å². The predicted molar refractivity (Wildman–Crippen MR) is 73.0 cm³/mol. The van der Waals surface area contributed by atoms with E-state index >= 15 is 0 Å². The first-order valence-corrected chi connectivity index (χ1v) is 6.36. The monoisotopic (exact) mass is 244 g/mol. The lowest BCUT2D eigenvalue weighted by Gasteiger charge is -2.13. The maximum Gasteiger partial charge on any atom is 0.122 e. The summed E-state index contributed by atoms with van der Waals surface area (Å²) in [7, 11) is 0. The Labute approximate surface area is 108 Å². The molecule has 0 saturated heterocycles. The summed E-state index contributed by atoms with van der Waals surface area (Å²) in [4.78, 5) is 4.01. The summed E-state index contributed by atoms with van der Waals surface area (Å²) < 4.78 is 7.87. The molecule has 0 unspecified atom stereocenters. The van der Waals surface area contributed by atoms with Crippen LogP contribution in [-0.2, 0) is 6.54 Å². The molecule has 2 rings (SSSR count). The van der Waals surface area contributed by atoms with Gasteiger partial charge in [0.05, 0.1) is 12.9 Å². The van der Waals surface area contributed by atoms with Crippen molar-refractivity contribution >= 4 is 0 Å². The number of nitrogens with zero attached hydrogens (tertiary/aromatic N) is 2. The van der Waals surface area contributed by atoms with Gasteiger partial charge in [-0.25, -0.2) is 4.98 Å². The summed E-state index contributed by atoms with van der Waals surface area (Å²) in [5, 5.41) is 0. The van der Waals surface area contributed by atoms with E-state index in [1.54, 1.807) is 12.5 Å². The molecule has 2 aromatic rings. The second-order valence-corrected chi connectivity index (χ2v) is 4.83. The highest BCUT2D eigenvalue weighted by atomic mass is 16.5. The van der Waals surface area contributed by atoms with E-state index < -0.39 is 0 Å². The zero-order chi connectivity index (χ0) is 13.0. The molecule has 96 valence electrons. The van der Waals surface area contributed by atoms with Crippen molar-refractivity contribution in [2.24, 2.45) is 0 Å². The number of rotatable bonds is 5. The van der Waals surface area contributed by atoms with Gasteiger partial charge < -0.3 is 9.30 Å². The van der Waals surface area contributed by atoms with Crippen LogP contribution in [0.3, 0.4) is 0 Å². The molecule has 0 saturated carbocycles. The molecule has 0 fully saturated rings. The Morgan fingerprint density at radius 2 is 2.17 bits per heavy atom. The lowest BCUT2D eigenvalue weighted by Crippen LogP contribution is -2.07. The van der Waals surface area contributed by atoms with E-state index in [1.807, 2.05) is 10.8 Å². The molecule has 1 aromatic carbocycles. The fourth-order valence-electron chi connectivity index (χ4n) is 1.81. The Bertz CT molecular complexity index is 489. The molecule has 0 bridgehead atoms. The van der Waals surface area contributed by atoms with Crippen molar-refractivity contribution in [1.29, 1.82) is 0 Å². The highest BCUT2D eigenvalue weighted by Crippen LogP contribution is 2.24. The summed E-state index contributed by atoms with van der Waals surface area (Å²) >= 11 is 0. The van der Waals surface area contributed by atoms with E-state index in [-0.39, 0.29) is 0 Å². The lowest BCUT2D eigenvalue weighted by atomic mass is 10.0. The van der Waals surface area contributed by atoms with E-state index in [0.717, 1.165) is 12.3 Å². The summed E-state index contributed by atoms with van der Waals surface area (Å²) in [6.45, 7) is 7.96. The molecule has 3 nitrogen and oxygen atoms in total. The van der Waals surface area contributed by atoms with Gasteiger partial charge in [0.1, 0.15) is 12.4 Å². The van der Waals surface area contributed by atoms with Crippen molar-refractivity contribution in [2.45, 2.75) is 33.2 Å². The zero-order valence-electron chi connectivity index (χ0n) is 11.3. The molecule has 0 N–H and O–H groups in total. The van der Waals surface area contributed by atoms with Crippen LogP contribution >= 0.6 is 0 Å². The highest BCUT2D eigenvalue weighted by Gasteiger charge is 2.04. The van der Waals surface area contributed by atoms with Gasteiger partial charge in [-0.1, -0.05) is 26.0 Å². The minimum atomic E-state index is 0.529. The molecule has 0 radical (unpaired) electrons. The Morgan fingerprint density at radius 3 is 2.83 bits per heavy atom. The van der Waals surface area contributed by atoms with E-state index in [2.05, 4.69) is 44.0 Å². The van der Waals surface area contributed by atoms with Crippen molar-refractivity contribution < 1.29 is 4.74 Å². The molecule has 1 aromatic heterocycles. The van der Waals surface area contributed by atoms with E-state index in [9.17, 15) is 0 Å². The number of aryl methyl sites for hydroxylation is 1. The topological polar surface area (TPSA) is 27.1 Å². The van der Waals surface area contributed by atoms with E-state index in [1.165, 1.54) is 11.1 Å². The molecule has 0 atom stereocenters. The molecule has 0 aliphatic rings. The minimum Gasteiger partial charge on any atom is -0.491 e. The van der Waals surface area contributed by atoms with Crippen molar-refractivity contribution in [3.05, 3.63) is 48.0 Å². The number of aromatic nitrogens is 2. The fourth-order valence-corrected chi connectivity index (χ4v) is 1.81. The Balaban J connectivity index is 1.97. The molecular formula is C15H20N2O. The number of ether oxygens (including phenoxy) is 1. The number of hydrogen-bond acceptors (Lipinski definition) is 2. The average molecular weight is 244 g/mol. The van der Waals surface area contributed by atoms with Gasteiger partial charge in [0.25, 0.3) is 0 Å². The minimum absolute atomic E-state index is 0.529. The van der Waals surface area contributed by atoms with E-state index in [4.69, 9.17) is 4.74 Å². The second kappa shape index (κ2) is 5.71. The molecule has 0 aliphatic carbocycles. The first kappa shape index (κ1) is 12.7. The van der Waals surface area contributed by atoms with Crippen LogP contribution in [0.5, 0.6) is 5.75 Å². The van der Waals surface area contributed by atoms with Crippen LogP contribution in [0.4, 0.5) is 0 Å². The second-order valence-electron chi connectivity index (χ2n) is 4.83. The van der Waals surface area contributed by atoms with Gasteiger partial charge in [-0.15, -0.1) is 0 Å². The summed E-state index contributed by atoms with van der Waals surface area (Å²) in [6.07, 6.45) is 5.53. The first-order chi connectivity index (χ1) is 8.66. The number of hydrogen-bond donors (Lipinski definition) is 0. The summed E-state index contributed by atoms with van der Waals surface area (Å²) in [5.41, 5.74) is 2.50. The van der Waals surface area contributed by atoms with Gasteiger partial charge in [-0.3, -0.25) is 0 Å². The van der Waals surface area contributed by atoms with Crippen LogP contribution in [-0.4, -0.2) is 16.2 Å². The van der Waals surface area contributed by atoms with Crippen LogP contribution in [0.2, 0.25) is 0 Å². The van der Waals surface area contributed by atoms with Crippen molar-refractivity contribution in [2.75, 3.05) is 6.61 Å². The molecule has 3 heteroatoms. The Hall–Kier alpha value is -1.77. The maximum atomic E-state index is 5.85. The zero-order valence-corrected chi connectivity index (χ0v) is 11.3. The summed E-state index contributed by atoms with van der Waals surface area (Å²) in [5.74, 6) is 1.52. The van der Waals surface area contributed by atoms with Crippen LogP contribution in [0.25, 0.3) is 0 Å². The fraction of sp³-hybridized carbons (Fsp3) is 0.400. The van der Waals surface area contributed by atoms with Crippen molar-refractivity contribution in [1.82, 2.24) is 9.55 Å². The third kappa shape index (κ3) is 3.13. The van der Waals surface area contributed by atoms with Gasteiger partial charge in [0.15, 0.2) is 0 Å². The Kier molecular flexibility index (Phi) is 4.03. The molecule has 0 aliphatic heterocycles. The van der Waals surface area contributed by atoms with Gasteiger partial charge in [0.2, 0.25) is 0 Å². The molecular weight excluding hydrogens is 224 g/mol. The highest BCUT2D eigenvalue weighted by molar-refractivity contribution is 5.37. The van der Waals surface area contributed by atoms with Gasteiger partial charge >= 0.3 is 0 Å². The van der Waals surface area contributed by atoms with Crippen molar-refractivity contribution in [3.63, 3.8) is 0 Å². The Morgan fingerprint density at radius 1 is 1.33 bits per heavy atom. The third-order valence-electron chi connectivity index (χ3n) is 3.05. The average Bonchev–Trinajstić information content (AvgIpc) is 2.84. The SMILES string of the molecule is Cc1ccc(C(C)C)cc1OCCn1ccnc1. The van der Waals surface area contributed by atoms with Crippen molar-refractivity contribution in [3.8, 4) is 5.75 Å². The van der Waals surface area contributed by atoms with Gasteiger partial charge in [-0.2, -0.15) is 0 Å². The normalized spacial score (nSPS) is 10.9. The summed E-state index contributed by atoms with van der Waals surface area (Å²) in [6, 6.07) is 6.44. The first-order valence-electron chi connectivity index (χ1n) is 6.36. The predicted octanol–water partition coefficient (Wildman–Crippen LogP) is 3.39. The molecule has 18 heavy (non-hydrogen) atoms. The lowest BCUT2D eigenvalue weighted by molar-refractivity contribution is 0.296. The molecule has 0 spiro atoms. The standard InChI is InChI=1S/C15H20N2O/c1-12(2)14-5-4-13(3)15(10-14)18-9-8-17-7-6-16-11-17/h4-7,10-12H,8-9H2,1-3H3. The van der Waals surface area contributed by atoms with Crippen LogP contribution in [0.15, 0.2) is 36.9 Å². The van der Waals surface area contributed by atoms with Crippen LogP contribution in [0, 0.1) is 6.92 Å². The van der Waals surface area contributed by atoms with E-state index in [0.29, 0.717) is 12.5 Å². The number of benzene rings is 1. The largest absolute Gasteiger partial charge is 0.491 e. The van der Waals surface area contributed by atoms with Gasteiger partial charge in [0, 0.05) is 12.4 Å². The quantitative estimate of drug-likeness (QED) is 0.806. The molecule has 1 heterocycles. The maximum absolute atomic E-state index is 5.85. The molecule has 0 amide bonds. The third-order valence-corrected chi connectivity index (χ3v) is 3.05.